The first kappa shape index (κ1) is 21.1. The zero-order valence-electron chi connectivity index (χ0n) is 17.4. The average Bonchev–Trinajstić information content (AvgIpc) is 3.24. The predicted octanol–water partition coefficient (Wildman–Crippen LogP) is 5.99. The SMILES string of the molecule is Fc1ccc(-c2csc3nc(Cl)nc(N4CCN(C/C=C/c5ccccc5)CC4)c23)cc1. The Bertz CT molecular complexity index is 1230. The lowest BCUT2D eigenvalue weighted by molar-refractivity contribution is 0.284. The molecular formula is C25H22ClFN4S. The van der Waals surface area contributed by atoms with E-state index >= 15 is 0 Å². The maximum atomic E-state index is 13.4. The van der Waals surface area contributed by atoms with Crippen molar-refractivity contribution in [3.8, 4) is 11.1 Å². The highest BCUT2D eigenvalue weighted by Gasteiger charge is 2.23. The lowest BCUT2D eigenvalue weighted by Gasteiger charge is -2.35. The van der Waals surface area contributed by atoms with Gasteiger partial charge in [0.05, 0.1) is 5.39 Å². The molecular weight excluding hydrogens is 443 g/mol. The molecule has 0 bridgehead atoms. The van der Waals surface area contributed by atoms with E-state index in [1.54, 1.807) is 12.1 Å². The highest BCUT2D eigenvalue weighted by molar-refractivity contribution is 7.17. The molecule has 0 saturated carbocycles. The number of anilines is 1. The molecule has 162 valence electrons. The van der Waals surface area contributed by atoms with Crippen LogP contribution in [0.1, 0.15) is 5.56 Å². The van der Waals surface area contributed by atoms with E-state index in [0.717, 1.165) is 59.9 Å². The Balaban J connectivity index is 1.34. The Morgan fingerprint density at radius 2 is 1.72 bits per heavy atom. The fraction of sp³-hybridized carbons (Fsp3) is 0.200. The van der Waals surface area contributed by atoms with E-state index in [2.05, 4.69) is 61.6 Å². The van der Waals surface area contributed by atoms with Gasteiger partial charge in [0, 0.05) is 43.7 Å². The number of thiophene rings is 1. The van der Waals surface area contributed by atoms with Crippen LogP contribution in [0.3, 0.4) is 0 Å². The van der Waals surface area contributed by atoms with Crippen molar-refractivity contribution in [2.45, 2.75) is 0 Å². The number of fused-ring (bicyclic) bond motifs is 1. The van der Waals surface area contributed by atoms with Crippen molar-refractivity contribution >= 4 is 45.0 Å². The molecule has 0 amide bonds. The second-order valence-electron chi connectivity index (χ2n) is 7.75. The second-order valence-corrected chi connectivity index (χ2v) is 8.95. The summed E-state index contributed by atoms with van der Waals surface area (Å²) in [6, 6.07) is 16.9. The Morgan fingerprint density at radius 3 is 2.47 bits per heavy atom. The van der Waals surface area contributed by atoms with E-state index in [-0.39, 0.29) is 11.1 Å². The molecule has 5 rings (SSSR count). The van der Waals surface area contributed by atoms with Crippen LogP contribution >= 0.6 is 22.9 Å². The number of halogens is 2. The maximum absolute atomic E-state index is 13.4. The fourth-order valence-corrected chi connectivity index (χ4v) is 5.17. The molecule has 0 radical (unpaired) electrons. The third-order valence-electron chi connectivity index (χ3n) is 5.69. The number of nitrogens with zero attached hydrogens (tertiary/aromatic N) is 4. The van der Waals surface area contributed by atoms with Crippen molar-refractivity contribution in [2.75, 3.05) is 37.6 Å². The van der Waals surface area contributed by atoms with Gasteiger partial charge in [0.25, 0.3) is 0 Å². The minimum absolute atomic E-state index is 0.245. The van der Waals surface area contributed by atoms with Gasteiger partial charge >= 0.3 is 0 Å². The molecule has 1 fully saturated rings. The van der Waals surface area contributed by atoms with E-state index in [1.807, 2.05) is 6.07 Å². The van der Waals surface area contributed by atoms with Crippen LogP contribution in [-0.2, 0) is 0 Å². The summed E-state index contributed by atoms with van der Waals surface area (Å²) in [6.45, 7) is 4.53. The molecule has 1 saturated heterocycles. The van der Waals surface area contributed by atoms with Gasteiger partial charge < -0.3 is 4.90 Å². The van der Waals surface area contributed by atoms with Gasteiger partial charge in [0.1, 0.15) is 16.5 Å². The Morgan fingerprint density at radius 1 is 0.969 bits per heavy atom. The Hall–Kier alpha value is -2.80. The molecule has 0 atom stereocenters. The maximum Gasteiger partial charge on any atom is 0.225 e. The van der Waals surface area contributed by atoms with Crippen molar-refractivity contribution in [1.82, 2.24) is 14.9 Å². The number of aromatic nitrogens is 2. The molecule has 2 aromatic carbocycles. The van der Waals surface area contributed by atoms with Crippen LogP contribution in [0, 0.1) is 5.82 Å². The van der Waals surface area contributed by atoms with E-state index in [9.17, 15) is 4.39 Å². The summed E-state index contributed by atoms with van der Waals surface area (Å²) in [6.07, 6.45) is 4.39. The van der Waals surface area contributed by atoms with Crippen LogP contribution in [0.2, 0.25) is 5.28 Å². The largest absolute Gasteiger partial charge is 0.353 e. The number of hydrogen-bond acceptors (Lipinski definition) is 5. The summed E-state index contributed by atoms with van der Waals surface area (Å²) in [7, 11) is 0. The normalized spacial score (nSPS) is 15.1. The highest BCUT2D eigenvalue weighted by Crippen LogP contribution is 2.39. The standard InChI is InChI=1S/C25H22ClFN4S/c26-25-28-23(22-21(17-32-24(22)29-25)19-8-10-20(27)11-9-19)31-15-13-30(14-16-31)12-4-7-18-5-2-1-3-6-18/h1-11,17H,12-16H2/b7-4+. The van der Waals surface area contributed by atoms with Crippen LogP contribution in [-0.4, -0.2) is 47.6 Å². The zero-order valence-corrected chi connectivity index (χ0v) is 19.0. The minimum Gasteiger partial charge on any atom is -0.353 e. The third kappa shape index (κ3) is 4.53. The van der Waals surface area contributed by atoms with Gasteiger partial charge in [-0.3, -0.25) is 4.90 Å². The van der Waals surface area contributed by atoms with Crippen molar-refractivity contribution in [3.63, 3.8) is 0 Å². The minimum atomic E-state index is -0.245. The molecule has 0 aliphatic carbocycles. The van der Waals surface area contributed by atoms with Crippen LogP contribution < -0.4 is 4.90 Å². The van der Waals surface area contributed by atoms with E-state index in [4.69, 9.17) is 11.6 Å². The van der Waals surface area contributed by atoms with Gasteiger partial charge in [0.15, 0.2) is 0 Å². The number of rotatable bonds is 5. The first-order chi connectivity index (χ1) is 15.7. The molecule has 3 heterocycles. The quantitative estimate of drug-likeness (QED) is 0.340. The van der Waals surface area contributed by atoms with Gasteiger partial charge in [0.2, 0.25) is 5.28 Å². The van der Waals surface area contributed by atoms with Crippen molar-refractivity contribution < 1.29 is 4.39 Å². The number of hydrogen-bond donors (Lipinski definition) is 0. The molecule has 0 unspecified atom stereocenters. The van der Waals surface area contributed by atoms with Crippen molar-refractivity contribution in [1.29, 1.82) is 0 Å². The first-order valence-corrected chi connectivity index (χ1v) is 11.8. The van der Waals surface area contributed by atoms with Crippen LogP contribution in [0.4, 0.5) is 10.2 Å². The average molecular weight is 465 g/mol. The van der Waals surface area contributed by atoms with E-state index < -0.39 is 0 Å². The van der Waals surface area contributed by atoms with Gasteiger partial charge in [-0.2, -0.15) is 4.98 Å². The van der Waals surface area contributed by atoms with Gasteiger partial charge in [-0.1, -0.05) is 54.6 Å². The van der Waals surface area contributed by atoms with Crippen LogP contribution in [0.5, 0.6) is 0 Å². The van der Waals surface area contributed by atoms with E-state index in [0.29, 0.717) is 0 Å². The molecule has 32 heavy (non-hydrogen) atoms. The molecule has 0 spiro atoms. The second kappa shape index (κ2) is 9.36. The molecule has 7 heteroatoms. The summed E-state index contributed by atoms with van der Waals surface area (Å²) in [5.74, 6) is 0.616. The van der Waals surface area contributed by atoms with Crippen molar-refractivity contribution in [2.24, 2.45) is 0 Å². The molecule has 4 aromatic rings. The van der Waals surface area contributed by atoms with Gasteiger partial charge in [-0.25, -0.2) is 9.37 Å². The first-order valence-electron chi connectivity index (χ1n) is 10.6. The summed E-state index contributed by atoms with van der Waals surface area (Å²) in [5, 5.41) is 3.30. The zero-order chi connectivity index (χ0) is 21.9. The lowest BCUT2D eigenvalue weighted by Crippen LogP contribution is -2.46. The molecule has 0 N–H and O–H groups in total. The Labute approximate surface area is 195 Å². The summed E-state index contributed by atoms with van der Waals surface area (Å²) in [5.41, 5.74) is 3.19. The molecule has 2 aromatic heterocycles. The summed E-state index contributed by atoms with van der Waals surface area (Å²) in [4.78, 5) is 14.6. The smallest absolute Gasteiger partial charge is 0.225 e. The fourth-order valence-electron chi connectivity index (χ4n) is 4.01. The monoisotopic (exact) mass is 464 g/mol. The Kier molecular flexibility index (Phi) is 6.17. The topological polar surface area (TPSA) is 32.3 Å². The summed E-state index contributed by atoms with van der Waals surface area (Å²) >= 11 is 7.80. The van der Waals surface area contributed by atoms with Crippen molar-refractivity contribution in [3.05, 3.63) is 82.7 Å². The molecule has 1 aliphatic heterocycles. The third-order valence-corrected chi connectivity index (χ3v) is 6.73. The molecule has 1 aliphatic rings. The van der Waals surface area contributed by atoms with Crippen LogP contribution in [0.15, 0.2) is 66.1 Å². The number of benzene rings is 2. The molecule has 4 nitrogen and oxygen atoms in total. The summed E-state index contributed by atoms with van der Waals surface area (Å²) < 4.78 is 13.4. The lowest BCUT2D eigenvalue weighted by atomic mass is 10.1. The predicted molar refractivity (Wildman–Crippen MR) is 132 cm³/mol. The van der Waals surface area contributed by atoms with Crippen LogP contribution in [0.25, 0.3) is 27.4 Å². The van der Waals surface area contributed by atoms with E-state index in [1.165, 1.54) is 29.0 Å². The highest BCUT2D eigenvalue weighted by atomic mass is 35.5. The van der Waals surface area contributed by atoms with Gasteiger partial charge in [-0.15, -0.1) is 11.3 Å². The van der Waals surface area contributed by atoms with Gasteiger partial charge in [-0.05, 0) is 34.9 Å². The number of piperazine rings is 1.